The van der Waals surface area contributed by atoms with Crippen molar-refractivity contribution >= 4 is 24.5 Å². The molecule has 0 spiro atoms. The number of halogens is 3. The number of nitrogens with zero attached hydrogens (tertiary/aromatic N) is 4. The zero-order valence-electron chi connectivity index (χ0n) is 13.9. The van der Waals surface area contributed by atoms with Crippen molar-refractivity contribution in [2.24, 2.45) is 0 Å². The molecule has 0 aliphatic carbocycles. The molecule has 0 radical (unpaired) electrons. The van der Waals surface area contributed by atoms with Crippen LogP contribution in [0.1, 0.15) is 24.8 Å². The molecule has 3 aliphatic rings. The Morgan fingerprint density at radius 3 is 2.80 bits per heavy atom. The molecule has 3 aliphatic heterocycles. The molecule has 1 N–H and O–H groups in total. The number of alkyl halides is 2. The third kappa shape index (κ3) is 2.94. The van der Waals surface area contributed by atoms with Gasteiger partial charge in [-0.3, -0.25) is 0 Å². The number of piperidine rings is 1. The zero-order valence-corrected chi connectivity index (χ0v) is 14.7. The van der Waals surface area contributed by atoms with Crippen LogP contribution < -0.4 is 4.90 Å². The van der Waals surface area contributed by atoms with Crippen LogP contribution in [0.2, 0.25) is 12.0 Å². The summed E-state index contributed by atoms with van der Waals surface area (Å²) in [5.41, 5.74) is 0.964. The minimum absolute atomic E-state index is 0.0599. The maximum atomic E-state index is 14.4. The summed E-state index contributed by atoms with van der Waals surface area (Å²) in [6.45, 7) is 2.19. The van der Waals surface area contributed by atoms with Crippen molar-refractivity contribution in [1.82, 2.24) is 15.0 Å². The van der Waals surface area contributed by atoms with Crippen LogP contribution in [0.4, 0.5) is 14.6 Å². The van der Waals surface area contributed by atoms with Gasteiger partial charge in [-0.2, -0.15) is 0 Å². The van der Waals surface area contributed by atoms with Gasteiger partial charge in [0.05, 0.1) is 6.04 Å². The van der Waals surface area contributed by atoms with Crippen LogP contribution in [-0.2, 0) is 6.42 Å². The van der Waals surface area contributed by atoms with Gasteiger partial charge >= 0.3 is 7.05 Å². The van der Waals surface area contributed by atoms with Crippen molar-refractivity contribution in [2.45, 2.75) is 56.6 Å². The van der Waals surface area contributed by atoms with Crippen LogP contribution in [0, 0.1) is 0 Å². The zero-order chi connectivity index (χ0) is 17.8. The normalized spacial score (nSPS) is 30.9. The van der Waals surface area contributed by atoms with Crippen LogP contribution in [0.15, 0.2) is 18.2 Å². The average molecular weight is 369 g/mol. The molecule has 25 heavy (non-hydrogen) atoms. The lowest BCUT2D eigenvalue weighted by molar-refractivity contribution is -0.0283. The highest BCUT2D eigenvalue weighted by Crippen LogP contribution is 2.47. The fraction of sp³-hybridized carbons (Fsp3) is 0.625. The number of allylic oxidation sites excluding steroid dienone is 1. The van der Waals surface area contributed by atoms with Crippen LogP contribution in [-0.4, -0.2) is 57.7 Å². The standard InChI is InChI=1S/C16H20BClF2N4O/c1-17(25)24-12-7-11(8-13(24)16(19,20)9-12)23-5-3-2-4-10-6-14(18)21-22-15(10)23/h2-3,6,11-13,25H,4-5,7-9H2,1H3/t11-,12?,13?/m1/s1. The van der Waals surface area contributed by atoms with Gasteiger partial charge in [-0.15, -0.1) is 10.2 Å². The highest BCUT2D eigenvalue weighted by atomic mass is 35.5. The highest BCUT2D eigenvalue weighted by Gasteiger charge is 2.59. The van der Waals surface area contributed by atoms with Gasteiger partial charge in [0.15, 0.2) is 11.0 Å². The maximum Gasteiger partial charge on any atom is 0.377 e. The van der Waals surface area contributed by atoms with E-state index in [4.69, 9.17) is 11.6 Å². The molecule has 0 amide bonds. The first-order valence-electron chi connectivity index (χ1n) is 8.64. The first kappa shape index (κ1) is 17.2. The lowest BCUT2D eigenvalue weighted by Gasteiger charge is -2.44. The Morgan fingerprint density at radius 1 is 1.28 bits per heavy atom. The molecule has 1 aromatic heterocycles. The largest absolute Gasteiger partial charge is 0.437 e. The molecule has 9 heteroatoms. The predicted molar refractivity (Wildman–Crippen MR) is 93.1 cm³/mol. The SMILES string of the molecule is CB(O)N1C2C[C@@H](N3CC=CCc4cc(Cl)nnc43)CC1C(F)(F)C2. The Hall–Kier alpha value is -1.25. The van der Waals surface area contributed by atoms with Gasteiger partial charge < -0.3 is 14.7 Å². The number of aromatic nitrogens is 2. The highest BCUT2D eigenvalue weighted by molar-refractivity contribution is 6.45. The molecular formula is C16H20BClF2N4O. The molecule has 2 unspecified atom stereocenters. The summed E-state index contributed by atoms with van der Waals surface area (Å²) in [5.74, 6) is -2.04. The van der Waals surface area contributed by atoms with Crippen LogP contribution in [0.5, 0.6) is 0 Å². The molecule has 4 heterocycles. The number of anilines is 1. The van der Waals surface area contributed by atoms with E-state index in [0.717, 1.165) is 11.4 Å². The van der Waals surface area contributed by atoms with Gasteiger partial charge in [0.2, 0.25) is 0 Å². The first-order valence-corrected chi connectivity index (χ1v) is 9.01. The Morgan fingerprint density at radius 2 is 2.08 bits per heavy atom. The summed E-state index contributed by atoms with van der Waals surface area (Å²) in [6, 6.07) is 0.470. The average Bonchev–Trinajstić information content (AvgIpc) is 2.69. The van der Waals surface area contributed by atoms with E-state index in [1.54, 1.807) is 17.7 Å². The van der Waals surface area contributed by atoms with Gasteiger partial charge in [0, 0.05) is 30.6 Å². The second kappa shape index (κ2) is 6.18. The maximum absolute atomic E-state index is 14.4. The van der Waals surface area contributed by atoms with Crippen LogP contribution in [0.3, 0.4) is 0 Å². The van der Waals surface area contributed by atoms with Gasteiger partial charge in [-0.25, -0.2) is 8.78 Å². The van der Waals surface area contributed by atoms with E-state index < -0.39 is 19.0 Å². The molecule has 2 bridgehead atoms. The van der Waals surface area contributed by atoms with Crippen molar-refractivity contribution < 1.29 is 13.8 Å². The molecule has 2 saturated heterocycles. The summed E-state index contributed by atoms with van der Waals surface area (Å²) in [5, 5.41) is 18.5. The van der Waals surface area contributed by atoms with E-state index in [-0.39, 0.29) is 18.5 Å². The van der Waals surface area contributed by atoms with Gasteiger partial charge in [-0.1, -0.05) is 23.8 Å². The number of rotatable bonds is 2. The topological polar surface area (TPSA) is 52.5 Å². The molecule has 134 valence electrons. The second-order valence-corrected chi connectivity index (χ2v) is 7.57. The minimum atomic E-state index is -2.77. The molecule has 4 rings (SSSR count). The molecular weight excluding hydrogens is 348 g/mol. The second-order valence-electron chi connectivity index (χ2n) is 7.18. The summed E-state index contributed by atoms with van der Waals surface area (Å²) < 4.78 is 28.9. The fourth-order valence-electron chi connectivity index (χ4n) is 4.61. The molecule has 3 atom stereocenters. The number of hydrogen-bond acceptors (Lipinski definition) is 5. The Balaban J connectivity index is 1.65. The van der Waals surface area contributed by atoms with Gasteiger partial charge in [-0.05, 0) is 32.2 Å². The smallest absolute Gasteiger partial charge is 0.377 e. The predicted octanol–water partition coefficient (Wildman–Crippen LogP) is 2.40. The third-order valence-electron chi connectivity index (χ3n) is 5.59. The van der Waals surface area contributed by atoms with Crippen molar-refractivity contribution in [1.29, 1.82) is 0 Å². The molecule has 5 nitrogen and oxygen atoms in total. The van der Waals surface area contributed by atoms with Crippen LogP contribution >= 0.6 is 11.6 Å². The summed E-state index contributed by atoms with van der Waals surface area (Å²) in [6.07, 6.45) is 5.47. The van der Waals surface area contributed by atoms with Crippen LogP contribution in [0.25, 0.3) is 0 Å². The summed E-state index contributed by atoms with van der Waals surface area (Å²) >= 11 is 5.96. The van der Waals surface area contributed by atoms with E-state index in [9.17, 15) is 13.8 Å². The number of fused-ring (bicyclic) bond motifs is 3. The van der Waals surface area contributed by atoms with E-state index in [1.807, 2.05) is 12.2 Å². The Labute approximate surface area is 150 Å². The monoisotopic (exact) mass is 368 g/mol. The molecule has 1 aromatic rings. The van der Waals surface area contributed by atoms with E-state index in [2.05, 4.69) is 15.1 Å². The lowest BCUT2D eigenvalue weighted by Crippen LogP contribution is -2.57. The van der Waals surface area contributed by atoms with Crippen molar-refractivity contribution in [3.8, 4) is 0 Å². The third-order valence-corrected chi connectivity index (χ3v) is 5.77. The van der Waals surface area contributed by atoms with Crippen molar-refractivity contribution in [3.63, 3.8) is 0 Å². The van der Waals surface area contributed by atoms with E-state index in [0.29, 0.717) is 31.0 Å². The molecule has 2 fully saturated rings. The van der Waals surface area contributed by atoms with Crippen molar-refractivity contribution in [3.05, 3.63) is 28.9 Å². The van der Waals surface area contributed by atoms with E-state index in [1.165, 1.54) is 0 Å². The van der Waals surface area contributed by atoms with Crippen molar-refractivity contribution in [2.75, 3.05) is 11.4 Å². The number of hydrogen-bond donors (Lipinski definition) is 1. The first-order chi connectivity index (χ1) is 11.9. The summed E-state index contributed by atoms with van der Waals surface area (Å²) in [7, 11) is -0.862. The quantitative estimate of drug-likeness (QED) is 0.642. The molecule has 0 saturated carbocycles. The fourth-order valence-corrected chi connectivity index (χ4v) is 4.78. The Kier molecular flexibility index (Phi) is 4.25. The van der Waals surface area contributed by atoms with Gasteiger partial charge in [0.25, 0.3) is 5.92 Å². The Bertz CT molecular complexity index is 705. The summed E-state index contributed by atoms with van der Waals surface area (Å²) in [4.78, 5) is 3.65. The lowest BCUT2D eigenvalue weighted by atomic mass is 9.78. The minimum Gasteiger partial charge on any atom is -0.437 e. The molecule has 0 aromatic carbocycles. The van der Waals surface area contributed by atoms with E-state index >= 15 is 0 Å². The van der Waals surface area contributed by atoms with Gasteiger partial charge in [0.1, 0.15) is 0 Å².